The topological polar surface area (TPSA) is 98.8 Å². The number of hydrazine groups is 1. The van der Waals surface area contributed by atoms with Gasteiger partial charge in [0.05, 0.1) is 17.1 Å². The van der Waals surface area contributed by atoms with Gasteiger partial charge in [0, 0.05) is 26.2 Å². The largest absolute Gasteiger partial charge is 0.292 e. The molecular formula is C19H19ClF2N4O4S. The molecule has 8 nitrogen and oxygen atoms in total. The first kappa shape index (κ1) is 23.1. The van der Waals surface area contributed by atoms with Crippen molar-refractivity contribution in [1.29, 1.82) is 0 Å². The van der Waals surface area contributed by atoms with Crippen LogP contribution in [0, 0.1) is 11.6 Å². The zero-order valence-corrected chi connectivity index (χ0v) is 17.7. The van der Waals surface area contributed by atoms with E-state index in [1.54, 1.807) is 23.1 Å². The lowest BCUT2D eigenvalue weighted by atomic mass is 10.2. The Bertz CT molecular complexity index is 1070. The lowest BCUT2D eigenvalue weighted by Crippen LogP contribution is -2.53. The number of halogens is 3. The second-order valence-electron chi connectivity index (χ2n) is 6.71. The quantitative estimate of drug-likeness (QED) is 0.641. The fraction of sp³-hybridized carbons (Fsp3) is 0.263. The maximum absolute atomic E-state index is 13.9. The third-order valence-corrected chi connectivity index (χ3v) is 6.93. The molecule has 2 aromatic rings. The fourth-order valence-corrected chi connectivity index (χ4v) is 4.82. The van der Waals surface area contributed by atoms with Crippen LogP contribution in [0.4, 0.5) is 8.78 Å². The number of nitrogens with one attached hydrogen (secondary N) is 2. The number of benzene rings is 2. The number of carbonyl (C=O) groups excluding carboxylic acids is 2. The van der Waals surface area contributed by atoms with E-state index in [0.29, 0.717) is 0 Å². The standard InChI is InChI=1S/C19H19ClF2N4O4S/c20-14-5-2-1-4-13(14)19(28)24-23-17(27)12-25-8-10-26(11-9-25)31(29,30)18-15(21)6-3-7-16(18)22/h1-7H,8-12H2,(H,23,27)(H,24,28). The molecule has 1 aliphatic rings. The molecule has 1 saturated heterocycles. The molecule has 1 fully saturated rings. The molecule has 2 aromatic carbocycles. The van der Waals surface area contributed by atoms with Crippen LogP contribution >= 0.6 is 11.6 Å². The van der Waals surface area contributed by atoms with Gasteiger partial charge in [0.2, 0.25) is 10.0 Å². The molecule has 12 heteroatoms. The molecule has 0 radical (unpaired) electrons. The summed E-state index contributed by atoms with van der Waals surface area (Å²) >= 11 is 5.92. The first-order chi connectivity index (χ1) is 14.7. The second-order valence-corrected chi connectivity index (χ2v) is 9.00. The van der Waals surface area contributed by atoms with Gasteiger partial charge >= 0.3 is 0 Å². The molecule has 166 valence electrons. The third-order valence-electron chi connectivity index (χ3n) is 4.65. The molecule has 3 rings (SSSR count). The van der Waals surface area contributed by atoms with Crippen LogP contribution in [-0.4, -0.2) is 62.2 Å². The van der Waals surface area contributed by atoms with Crippen molar-refractivity contribution in [2.24, 2.45) is 0 Å². The van der Waals surface area contributed by atoms with Gasteiger partial charge in [-0.15, -0.1) is 0 Å². The molecule has 0 aliphatic carbocycles. The lowest BCUT2D eigenvalue weighted by Gasteiger charge is -2.33. The average Bonchev–Trinajstić information content (AvgIpc) is 2.72. The Balaban J connectivity index is 1.51. The number of piperazine rings is 1. The van der Waals surface area contributed by atoms with E-state index in [9.17, 15) is 26.8 Å². The summed E-state index contributed by atoms with van der Waals surface area (Å²) in [5, 5.41) is 0.234. The summed E-state index contributed by atoms with van der Waals surface area (Å²) in [6.45, 7) is 0.137. The van der Waals surface area contributed by atoms with E-state index >= 15 is 0 Å². The van der Waals surface area contributed by atoms with Crippen LogP contribution in [0.2, 0.25) is 5.02 Å². The number of sulfonamides is 1. The van der Waals surface area contributed by atoms with E-state index in [1.807, 2.05) is 0 Å². The highest BCUT2D eigenvalue weighted by molar-refractivity contribution is 7.89. The minimum Gasteiger partial charge on any atom is -0.292 e. The van der Waals surface area contributed by atoms with Crippen molar-refractivity contribution in [2.45, 2.75) is 4.90 Å². The summed E-state index contributed by atoms with van der Waals surface area (Å²) in [6.07, 6.45) is 0. The van der Waals surface area contributed by atoms with Crippen molar-refractivity contribution in [2.75, 3.05) is 32.7 Å². The zero-order chi connectivity index (χ0) is 22.6. The molecule has 0 unspecified atom stereocenters. The highest BCUT2D eigenvalue weighted by Crippen LogP contribution is 2.23. The fourth-order valence-electron chi connectivity index (χ4n) is 3.07. The molecule has 0 aromatic heterocycles. The number of amides is 2. The summed E-state index contributed by atoms with van der Waals surface area (Å²) in [5.74, 6) is -3.41. The van der Waals surface area contributed by atoms with Crippen molar-refractivity contribution >= 4 is 33.4 Å². The number of carbonyl (C=O) groups is 2. The van der Waals surface area contributed by atoms with Crippen LogP contribution in [0.3, 0.4) is 0 Å². The van der Waals surface area contributed by atoms with Gasteiger partial charge in [-0.05, 0) is 24.3 Å². The maximum Gasteiger partial charge on any atom is 0.271 e. The van der Waals surface area contributed by atoms with Crippen LogP contribution in [0.1, 0.15) is 10.4 Å². The van der Waals surface area contributed by atoms with Crippen molar-refractivity contribution in [3.8, 4) is 0 Å². The Hall–Kier alpha value is -2.60. The van der Waals surface area contributed by atoms with Gasteiger partial charge in [0.15, 0.2) is 4.90 Å². The molecule has 2 amide bonds. The summed E-state index contributed by atoms with van der Waals surface area (Å²) < 4.78 is 53.9. The maximum atomic E-state index is 13.9. The first-order valence-corrected chi connectivity index (χ1v) is 11.0. The van der Waals surface area contributed by atoms with Crippen LogP contribution in [0.5, 0.6) is 0 Å². The molecule has 0 saturated carbocycles. The van der Waals surface area contributed by atoms with Crippen LogP contribution in [0.15, 0.2) is 47.4 Å². The monoisotopic (exact) mass is 472 g/mol. The van der Waals surface area contributed by atoms with E-state index in [2.05, 4.69) is 10.9 Å². The Kier molecular flexibility index (Phi) is 7.21. The van der Waals surface area contributed by atoms with E-state index in [4.69, 9.17) is 11.6 Å². The van der Waals surface area contributed by atoms with Gasteiger partial charge in [-0.2, -0.15) is 4.31 Å². The lowest BCUT2D eigenvalue weighted by molar-refractivity contribution is -0.123. The predicted octanol–water partition coefficient (Wildman–Crippen LogP) is 1.39. The van der Waals surface area contributed by atoms with Crippen LogP contribution in [-0.2, 0) is 14.8 Å². The smallest absolute Gasteiger partial charge is 0.271 e. The van der Waals surface area contributed by atoms with E-state index in [1.165, 1.54) is 6.07 Å². The van der Waals surface area contributed by atoms with Gasteiger partial charge in [-0.3, -0.25) is 25.3 Å². The van der Waals surface area contributed by atoms with Crippen molar-refractivity contribution in [3.63, 3.8) is 0 Å². The van der Waals surface area contributed by atoms with Gasteiger partial charge in [0.1, 0.15) is 11.6 Å². The van der Waals surface area contributed by atoms with Crippen LogP contribution < -0.4 is 10.9 Å². The van der Waals surface area contributed by atoms with Gasteiger partial charge < -0.3 is 0 Å². The highest BCUT2D eigenvalue weighted by Gasteiger charge is 2.33. The zero-order valence-electron chi connectivity index (χ0n) is 16.1. The molecule has 0 bridgehead atoms. The summed E-state index contributed by atoms with van der Waals surface area (Å²) in [7, 11) is -4.34. The number of hydrogen-bond donors (Lipinski definition) is 2. The van der Waals surface area contributed by atoms with E-state index < -0.39 is 38.4 Å². The number of rotatable bonds is 5. The van der Waals surface area contributed by atoms with Gasteiger partial charge in [-0.25, -0.2) is 17.2 Å². The number of hydrogen-bond acceptors (Lipinski definition) is 5. The normalized spacial score (nSPS) is 15.5. The molecule has 1 aliphatic heterocycles. The second kappa shape index (κ2) is 9.69. The SMILES string of the molecule is O=C(CN1CCN(S(=O)(=O)c2c(F)cccc2F)CC1)NNC(=O)c1ccccc1Cl. The Morgan fingerprint density at radius 3 is 2.16 bits per heavy atom. The summed E-state index contributed by atoms with van der Waals surface area (Å²) in [5.41, 5.74) is 4.72. The van der Waals surface area contributed by atoms with E-state index in [0.717, 1.165) is 22.5 Å². The highest BCUT2D eigenvalue weighted by atomic mass is 35.5. The van der Waals surface area contributed by atoms with Crippen molar-refractivity contribution in [1.82, 2.24) is 20.1 Å². The average molecular weight is 473 g/mol. The molecule has 0 atom stereocenters. The van der Waals surface area contributed by atoms with Gasteiger partial charge in [-0.1, -0.05) is 29.8 Å². The van der Waals surface area contributed by atoms with Crippen molar-refractivity contribution in [3.05, 3.63) is 64.7 Å². The Morgan fingerprint density at radius 2 is 1.55 bits per heavy atom. The Morgan fingerprint density at radius 1 is 0.935 bits per heavy atom. The third kappa shape index (κ3) is 5.37. The van der Waals surface area contributed by atoms with Gasteiger partial charge in [0.25, 0.3) is 11.8 Å². The first-order valence-electron chi connectivity index (χ1n) is 9.20. The minimum absolute atomic E-state index is 0.0463. The van der Waals surface area contributed by atoms with Crippen molar-refractivity contribution < 1.29 is 26.8 Å². The summed E-state index contributed by atoms with van der Waals surface area (Å²) in [6, 6.07) is 9.19. The minimum atomic E-state index is -4.34. The summed E-state index contributed by atoms with van der Waals surface area (Å²) in [4.78, 5) is 24.8. The molecule has 31 heavy (non-hydrogen) atoms. The molecular weight excluding hydrogens is 454 g/mol. The predicted molar refractivity (Wildman–Crippen MR) is 109 cm³/mol. The van der Waals surface area contributed by atoms with E-state index in [-0.39, 0.29) is 43.3 Å². The molecule has 0 spiro atoms. The van der Waals surface area contributed by atoms with Crippen LogP contribution in [0.25, 0.3) is 0 Å². The molecule has 1 heterocycles. The number of nitrogens with zero attached hydrogens (tertiary/aromatic N) is 2. The molecule has 2 N–H and O–H groups in total. The Labute approximate surface area is 182 Å².